The quantitative estimate of drug-likeness (QED) is 0.567. The average molecular weight is 419 g/mol. The Morgan fingerprint density at radius 1 is 1.13 bits per heavy atom. The molecule has 0 unspecified atom stereocenters. The number of amides is 1. The van der Waals surface area contributed by atoms with Crippen LogP contribution in [0.3, 0.4) is 0 Å². The van der Waals surface area contributed by atoms with Crippen molar-refractivity contribution in [3.05, 3.63) is 64.6 Å². The SMILES string of the molecule is Cc1cc(-c2cc(-c3ccc(OCC(=O)NC4CCCC4)cc3)[nH]c(=O)n2)ccc1O. The highest BCUT2D eigenvalue weighted by Gasteiger charge is 2.17. The van der Waals surface area contributed by atoms with Crippen LogP contribution in [0.15, 0.2) is 53.3 Å². The van der Waals surface area contributed by atoms with E-state index < -0.39 is 5.69 Å². The fourth-order valence-corrected chi connectivity index (χ4v) is 3.79. The summed E-state index contributed by atoms with van der Waals surface area (Å²) in [5.74, 6) is 0.667. The minimum atomic E-state index is -0.456. The Balaban J connectivity index is 1.46. The summed E-state index contributed by atoms with van der Waals surface area (Å²) in [5, 5.41) is 12.7. The topological polar surface area (TPSA) is 104 Å². The van der Waals surface area contributed by atoms with E-state index >= 15 is 0 Å². The molecule has 1 amide bonds. The van der Waals surface area contributed by atoms with Crippen molar-refractivity contribution >= 4 is 5.91 Å². The number of H-pyrrole nitrogens is 1. The molecule has 0 spiro atoms. The second-order valence-electron chi connectivity index (χ2n) is 7.85. The molecule has 0 aliphatic heterocycles. The molecule has 1 aromatic heterocycles. The van der Waals surface area contributed by atoms with Gasteiger partial charge >= 0.3 is 5.69 Å². The molecule has 2 aromatic carbocycles. The van der Waals surface area contributed by atoms with E-state index in [0.717, 1.165) is 24.0 Å². The van der Waals surface area contributed by atoms with Crippen LogP contribution in [-0.2, 0) is 4.79 Å². The molecule has 0 radical (unpaired) electrons. The number of hydrogen-bond donors (Lipinski definition) is 3. The summed E-state index contributed by atoms with van der Waals surface area (Å²) in [6.45, 7) is 1.77. The minimum absolute atomic E-state index is 0.0215. The Hall–Kier alpha value is -3.61. The van der Waals surface area contributed by atoms with Crippen molar-refractivity contribution in [1.82, 2.24) is 15.3 Å². The van der Waals surface area contributed by atoms with Crippen LogP contribution in [0.5, 0.6) is 11.5 Å². The highest BCUT2D eigenvalue weighted by Crippen LogP contribution is 2.26. The number of phenols is 1. The van der Waals surface area contributed by atoms with E-state index in [1.54, 1.807) is 43.3 Å². The Labute approximate surface area is 180 Å². The van der Waals surface area contributed by atoms with Crippen molar-refractivity contribution < 1.29 is 14.6 Å². The van der Waals surface area contributed by atoms with Crippen LogP contribution >= 0.6 is 0 Å². The van der Waals surface area contributed by atoms with E-state index in [1.165, 1.54) is 12.8 Å². The lowest BCUT2D eigenvalue weighted by atomic mass is 10.1. The maximum absolute atomic E-state index is 12.1. The van der Waals surface area contributed by atoms with Gasteiger partial charge in [0, 0.05) is 11.6 Å². The zero-order valence-corrected chi connectivity index (χ0v) is 17.4. The van der Waals surface area contributed by atoms with E-state index in [2.05, 4.69) is 15.3 Å². The molecule has 7 nitrogen and oxygen atoms in total. The number of nitrogens with one attached hydrogen (secondary N) is 2. The summed E-state index contributed by atoms with van der Waals surface area (Å²) in [6, 6.07) is 14.3. The maximum Gasteiger partial charge on any atom is 0.345 e. The van der Waals surface area contributed by atoms with Crippen molar-refractivity contribution in [2.45, 2.75) is 38.6 Å². The van der Waals surface area contributed by atoms with Crippen molar-refractivity contribution in [1.29, 1.82) is 0 Å². The molecule has 0 saturated heterocycles. The van der Waals surface area contributed by atoms with Gasteiger partial charge < -0.3 is 20.1 Å². The van der Waals surface area contributed by atoms with E-state index in [1.807, 2.05) is 12.1 Å². The monoisotopic (exact) mass is 419 g/mol. The highest BCUT2D eigenvalue weighted by molar-refractivity contribution is 5.78. The predicted molar refractivity (Wildman–Crippen MR) is 118 cm³/mol. The zero-order chi connectivity index (χ0) is 21.8. The van der Waals surface area contributed by atoms with Gasteiger partial charge in [0.15, 0.2) is 6.61 Å². The number of aromatic hydroxyl groups is 1. The molecule has 1 aliphatic carbocycles. The number of benzene rings is 2. The Morgan fingerprint density at radius 3 is 2.55 bits per heavy atom. The van der Waals surface area contributed by atoms with Crippen LogP contribution in [0.2, 0.25) is 0 Å². The standard InChI is InChI=1S/C24H25N3O4/c1-15-12-17(8-11-22(15)28)21-13-20(26-24(30)27-21)16-6-9-19(10-7-16)31-14-23(29)25-18-4-2-3-5-18/h6-13,18,28H,2-5,14H2,1H3,(H,25,29)(H,26,27,30). The van der Waals surface area contributed by atoms with Crippen molar-refractivity contribution in [2.75, 3.05) is 6.61 Å². The van der Waals surface area contributed by atoms with Gasteiger partial charge in [-0.25, -0.2) is 4.79 Å². The number of phenolic OH excluding ortho intramolecular Hbond substituents is 1. The van der Waals surface area contributed by atoms with Gasteiger partial charge in [-0.1, -0.05) is 12.8 Å². The highest BCUT2D eigenvalue weighted by atomic mass is 16.5. The molecule has 3 N–H and O–H groups in total. The second-order valence-corrected chi connectivity index (χ2v) is 7.85. The molecular formula is C24H25N3O4. The third kappa shape index (κ3) is 5.12. The number of nitrogens with zero attached hydrogens (tertiary/aromatic N) is 1. The smallest absolute Gasteiger partial charge is 0.345 e. The van der Waals surface area contributed by atoms with Gasteiger partial charge in [-0.05, 0) is 79.4 Å². The Morgan fingerprint density at radius 2 is 1.84 bits per heavy atom. The lowest BCUT2D eigenvalue weighted by Crippen LogP contribution is -2.36. The largest absolute Gasteiger partial charge is 0.508 e. The molecule has 0 atom stereocenters. The lowest BCUT2D eigenvalue weighted by Gasteiger charge is -2.12. The third-order valence-electron chi connectivity index (χ3n) is 5.49. The van der Waals surface area contributed by atoms with Gasteiger partial charge in [-0.2, -0.15) is 4.98 Å². The number of hydrogen-bond acceptors (Lipinski definition) is 5. The van der Waals surface area contributed by atoms with Gasteiger partial charge in [0.05, 0.1) is 11.4 Å². The lowest BCUT2D eigenvalue weighted by molar-refractivity contribution is -0.123. The molecule has 1 fully saturated rings. The van der Waals surface area contributed by atoms with Crippen molar-refractivity contribution in [3.63, 3.8) is 0 Å². The average Bonchev–Trinajstić information content (AvgIpc) is 3.27. The van der Waals surface area contributed by atoms with Crippen molar-refractivity contribution in [2.24, 2.45) is 0 Å². The molecule has 3 aromatic rings. The number of rotatable bonds is 6. The van der Waals surface area contributed by atoms with Crippen LogP contribution in [-0.4, -0.2) is 33.6 Å². The number of ether oxygens (including phenoxy) is 1. The minimum Gasteiger partial charge on any atom is -0.508 e. The molecular weight excluding hydrogens is 394 g/mol. The summed E-state index contributed by atoms with van der Waals surface area (Å²) >= 11 is 0. The van der Waals surface area contributed by atoms with Crippen LogP contribution in [0.1, 0.15) is 31.2 Å². The predicted octanol–water partition coefficient (Wildman–Crippen LogP) is 3.56. The first-order valence-electron chi connectivity index (χ1n) is 10.4. The molecule has 1 heterocycles. The molecule has 7 heteroatoms. The first-order chi connectivity index (χ1) is 15.0. The van der Waals surface area contributed by atoms with E-state index in [0.29, 0.717) is 22.7 Å². The third-order valence-corrected chi connectivity index (χ3v) is 5.49. The summed E-state index contributed by atoms with van der Waals surface area (Å²) in [6.07, 6.45) is 4.41. The van der Waals surface area contributed by atoms with Gasteiger partial charge in [-0.3, -0.25) is 4.79 Å². The van der Waals surface area contributed by atoms with Crippen LogP contribution in [0.25, 0.3) is 22.5 Å². The van der Waals surface area contributed by atoms with Gasteiger partial charge in [0.25, 0.3) is 5.91 Å². The Bertz CT molecular complexity index is 1130. The fraction of sp³-hybridized carbons (Fsp3) is 0.292. The molecule has 1 saturated carbocycles. The van der Waals surface area contributed by atoms with E-state index in [9.17, 15) is 14.7 Å². The second kappa shape index (κ2) is 9.04. The molecule has 0 bridgehead atoms. The number of carbonyl (C=O) groups is 1. The van der Waals surface area contributed by atoms with Crippen molar-refractivity contribution in [3.8, 4) is 34.0 Å². The summed E-state index contributed by atoms with van der Waals surface area (Å²) < 4.78 is 5.59. The number of aromatic amines is 1. The summed E-state index contributed by atoms with van der Waals surface area (Å²) in [7, 11) is 0. The molecule has 4 rings (SSSR count). The normalized spacial score (nSPS) is 13.8. The Kier molecular flexibility index (Phi) is 6.02. The van der Waals surface area contributed by atoms with Crippen LogP contribution in [0.4, 0.5) is 0 Å². The van der Waals surface area contributed by atoms with Crippen LogP contribution in [0, 0.1) is 6.92 Å². The number of carbonyl (C=O) groups excluding carboxylic acids is 1. The van der Waals surface area contributed by atoms with E-state index in [4.69, 9.17) is 4.74 Å². The first-order valence-corrected chi connectivity index (χ1v) is 10.4. The number of aryl methyl sites for hydroxylation is 1. The summed E-state index contributed by atoms with van der Waals surface area (Å²) in [5.41, 5.74) is 2.92. The maximum atomic E-state index is 12.1. The van der Waals surface area contributed by atoms with Gasteiger partial charge in [-0.15, -0.1) is 0 Å². The molecule has 31 heavy (non-hydrogen) atoms. The first kappa shape index (κ1) is 20.7. The number of aromatic nitrogens is 2. The molecule has 160 valence electrons. The van der Waals surface area contributed by atoms with Gasteiger partial charge in [0.2, 0.25) is 0 Å². The molecule has 1 aliphatic rings. The van der Waals surface area contributed by atoms with E-state index in [-0.39, 0.29) is 24.3 Å². The summed E-state index contributed by atoms with van der Waals surface area (Å²) in [4.78, 5) is 30.9. The van der Waals surface area contributed by atoms with Crippen LogP contribution < -0.4 is 15.7 Å². The zero-order valence-electron chi connectivity index (χ0n) is 17.4. The van der Waals surface area contributed by atoms with Gasteiger partial charge in [0.1, 0.15) is 11.5 Å². The fourth-order valence-electron chi connectivity index (χ4n) is 3.79.